The number of aromatic amines is 1. The molecule has 1 atom stereocenters. The van der Waals surface area contributed by atoms with Gasteiger partial charge in [-0.1, -0.05) is 5.16 Å². The van der Waals surface area contributed by atoms with Gasteiger partial charge in [-0.05, 0) is 38.4 Å². The fourth-order valence-electron chi connectivity index (χ4n) is 3.59. The Morgan fingerprint density at radius 1 is 1.48 bits per heavy atom. The molecule has 27 heavy (non-hydrogen) atoms. The van der Waals surface area contributed by atoms with Crippen molar-refractivity contribution in [2.24, 2.45) is 0 Å². The van der Waals surface area contributed by atoms with Crippen LogP contribution in [0.5, 0.6) is 0 Å². The van der Waals surface area contributed by atoms with Crippen LogP contribution >= 0.6 is 0 Å². The molecule has 0 spiro atoms. The first-order valence-corrected chi connectivity index (χ1v) is 9.17. The number of piperidine rings is 1. The number of rotatable bonds is 6. The van der Waals surface area contributed by atoms with Gasteiger partial charge in [-0.15, -0.1) is 0 Å². The van der Waals surface area contributed by atoms with Crippen LogP contribution in [-0.4, -0.2) is 45.8 Å². The Bertz CT molecular complexity index is 883. The molecule has 4 heterocycles. The van der Waals surface area contributed by atoms with Crippen LogP contribution in [0.4, 0.5) is 0 Å². The van der Waals surface area contributed by atoms with Crippen LogP contribution < -0.4 is 5.32 Å². The Hall–Kier alpha value is -2.87. The summed E-state index contributed by atoms with van der Waals surface area (Å²) in [5, 5.41) is 14.2. The van der Waals surface area contributed by atoms with Crippen molar-refractivity contribution in [2.75, 3.05) is 19.6 Å². The van der Waals surface area contributed by atoms with Gasteiger partial charge in [0.15, 0.2) is 5.76 Å². The number of carbonyl (C=O) groups excluding carboxylic acids is 1. The van der Waals surface area contributed by atoms with E-state index in [4.69, 9.17) is 8.94 Å². The number of amides is 1. The number of nitrogens with zero attached hydrogens (tertiary/aromatic N) is 3. The lowest BCUT2D eigenvalue weighted by atomic mass is 9.92. The second kappa shape index (κ2) is 7.79. The average molecular weight is 369 g/mol. The number of carbonyl (C=O) groups is 1. The van der Waals surface area contributed by atoms with Crippen molar-refractivity contribution in [3.63, 3.8) is 0 Å². The second-order valence-corrected chi connectivity index (χ2v) is 6.96. The average Bonchev–Trinajstić information content (AvgIpc) is 3.41. The lowest BCUT2D eigenvalue weighted by molar-refractivity contribution is -0.122. The van der Waals surface area contributed by atoms with Crippen LogP contribution in [0, 0.1) is 6.92 Å². The number of hydrogen-bond donors (Lipinski definition) is 2. The molecule has 0 unspecified atom stereocenters. The molecule has 1 saturated heterocycles. The Kier molecular flexibility index (Phi) is 5.06. The molecule has 0 saturated carbocycles. The summed E-state index contributed by atoms with van der Waals surface area (Å²) in [5.41, 5.74) is 2.84. The smallest absolute Gasteiger partial charge is 0.234 e. The van der Waals surface area contributed by atoms with E-state index in [9.17, 15) is 4.79 Å². The highest BCUT2D eigenvalue weighted by Crippen LogP contribution is 2.33. The number of aromatic nitrogens is 3. The number of likely N-dealkylation sites (tertiary alicyclic amines) is 1. The van der Waals surface area contributed by atoms with Gasteiger partial charge in [0.1, 0.15) is 5.76 Å². The number of H-pyrrole nitrogens is 1. The molecule has 1 fully saturated rings. The Morgan fingerprint density at radius 3 is 3.19 bits per heavy atom. The van der Waals surface area contributed by atoms with Gasteiger partial charge in [-0.3, -0.25) is 14.8 Å². The van der Waals surface area contributed by atoms with Gasteiger partial charge in [0, 0.05) is 18.5 Å². The van der Waals surface area contributed by atoms with E-state index in [0.717, 1.165) is 54.4 Å². The van der Waals surface area contributed by atoms with Crippen molar-refractivity contribution in [1.29, 1.82) is 0 Å². The van der Waals surface area contributed by atoms with Crippen LogP contribution in [0.1, 0.15) is 35.9 Å². The van der Waals surface area contributed by atoms with Gasteiger partial charge in [0.2, 0.25) is 5.91 Å². The molecule has 1 aliphatic rings. The monoisotopic (exact) mass is 369 g/mol. The highest BCUT2D eigenvalue weighted by atomic mass is 16.5. The summed E-state index contributed by atoms with van der Waals surface area (Å²) in [6.45, 7) is 4.41. The van der Waals surface area contributed by atoms with Crippen molar-refractivity contribution < 1.29 is 13.7 Å². The first kappa shape index (κ1) is 17.5. The van der Waals surface area contributed by atoms with Crippen molar-refractivity contribution in [3.05, 3.63) is 47.8 Å². The topological polar surface area (TPSA) is 100 Å². The molecule has 8 heteroatoms. The fraction of sp³-hybridized carbons (Fsp3) is 0.421. The number of hydrogen-bond acceptors (Lipinski definition) is 6. The van der Waals surface area contributed by atoms with E-state index < -0.39 is 0 Å². The highest BCUT2D eigenvalue weighted by Gasteiger charge is 2.27. The Morgan fingerprint density at radius 2 is 2.41 bits per heavy atom. The van der Waals surface area contributed by atoms with Crippen LogP contribution in [0.25, 0.3) is 11.3 Å². The standard InChI is InChI=1S/C19H23N5O3/c1-13-8-17(27-23-13)16-10-21-22-19(16)14-4-2-6-24(11-14)12-18(25)20-9-15-5-3-7-26-15/h3,5,7-8,10,14H,2,4,6,9,11-12H2,1H3,(H,20,25)(H,21,22)/t14-/m1/s1. The minimum atomic E-state index is 0.00254. The molecule has 0 bridgehead atoms. The van der Waals surface area contributed by atoms with Gasteiger partial charge < -0.3 is 14.3 Å². The molecule has 0 radical (unpaired) electrons. The molecule has 3 aromatic rings. The molecule has 3 aromatic heterocycles. The number of aryl methyl sites for hydroxylation is 1. The molecule has 8 nitrogen and oxygen atoms in total. The summed E-state index contributed by atoms with van der Waals surface area (Å²) in [6.07, 6.45) is 5.47. The minimum absolute atomic E-state index is 0.00254. The first-order chi connectivity index (χ1) is 13.2. The molecule has 0 aromatic carbocycles. The maximum Gasteiger partial charge on any atom is 0.234 e. The van der Waals surface area contributed by atoms with Gasteiger partial charge in [0.25, 0.3) is 0 Å². The molecule has 2 N–H and O–H groups in total. The quantitative estimate of drug-likeness (QED) is 0.692. The second-order valence-electron chi connectivity index (χ2n) is 6.96. The molecule has 142 valence electrons. The lowest BCUT2D eigenvalue weighted by Crippen LogP contribution is -2.41. The molecule has 1 aliphatic heterocycles. The zero-order valence-electron chi connectivity index (χ0n) is 15.3. The third-order valence-corrected chi connectivity index (χ3v) is 4.88. The number of furan rings is 1. The molecule has 4 rings (SSSR count). The van der Waals surface area contributed by atoms with E-state index >= 15 is 0 Å². The lowest BCUT2D eigenvalue weighted by Gasteiger charge is -2.32. The number of nitrogens with one attached hydrogen (secondary N) is 2. The van der Waals surface area contributed by atoms with Crippen LogP contribution in [0.3, 0.4) is 0 Å². The zero-order chi connectivity index (χ0) is 18.6. The summed E-state index contributed by atoms with van der Waals surface area (Å²) in [4.78, 5) is 14.4. The third-order valence-electron chi connectivity index (χ3n) is 4.88. The maximum absolute atomic E-state index is 12.3. The van der Waals surface area contributed by atoms with Gasteiger partial charge in [0.05, 0.1) is 42.5 Å². The summed E-state index contributed by atoms with van der Waals surface area (Å²) in [6, 6.07) is 5.58. The van der Waals surface area contributed by atoms with Gasteiger partial charge in [-0.2, -0.15) is 5.10 Å². The van der Waals surface area contributed by atoms with Crippen molar-refractivity contribution in [2.45, 2.75) is 32.2 Å². The van der Waals surface area contributed by atoms with E-state index in [-0.39, 0.29) is 11.8 Å². The van der Waals surface area contributed by atoms with E-state index in [1.54, 1.807) is 12.5 Å². The molecule has 0 aliphatic carbocycles. The maximum atomic E-state index is 12.3. The predicted molar refractivity (Wildman–Crippen MR) is 97.8 cm³/mol. The van der Waals surface area contributed by atoms with E-state index in [2.05, 4.69) is 25.6 Å². The van der Waals surface area contributed by atoms with Crippen molar-refractivity contribution in [1.82, 2.24) is 25.6 Å². The van der Waals surface area contributed by atoms with Crippen LogP contribution in [0.15, 0.2) is 39.6 Å². The predicted octanol–water partition coefficient (Wildman–Crippen LogP) is 2.46. The Labute approximate surface area is 156 Å². The largest absolute Gasteiger partial charge is 0.467 e. The Balaban J connectivity index is 1.37. The minimum Gasteiger partial charge on any atom is -0.467 e. The highest BCUT2D eigenvalue weighted by molar-refractivity contribution is 5.78. The van der Waals surface area contributed by atoms with Crippen LogP contribution in [-0.2, 0) is 11.3 Å². The zero-order valence-corrected chi connectivity index (χ0v) is 15.3. The van der Waals surface area contributed by atoms with Gasteiger partial charge >= 0.3 is 0 Å². The summed E-state index contributed by atoms with van der Waals surface area (Å²) >= 11 is 0. The van der Waals surface area contributed by atoms with Crippen LogP contribution in [0.2, 0.25) is 0 Å². The van der Waals surface area contributed by atoms with E-state index in [0.29, 0.717) is 13.1 Å². The van der Waals surface area contributed by atoms with Crippen molar-refractivity contribution >= 4 is 5.91 Å². The normalized spacial score (nSPS) is 17.9. The first-order valence-electron chi connectivity index (χ1n) is 9.17. The summed E-state index contributed by atoms with van der Waals surface area (Å²) < 4.78 is 10.6. The van der Waals surface area contributed by atoms with Gasteiger partial charge in [-0.25, -0.2) is 0 Å². The molecular weight excluding hydrogens is 346 g/mol. The van der Waals surface area contributed by atoms with Crippen molar-refractivity contribution in [3.8, 4) is 11.3 Å². The SMILES string of the molecule is Cc1cc(-c2cn[nH]c2[C@@H]2CCCN(CC(=O)NCc3ccco3)C2)on1. The molecule has 1 amide bonds. The fourth-order valence-corrected chi connectivity index (χ4v) is 3.59. The summed E-state index contributed by atoms with van der Waals surface area (Å²) in [7, 11) is 0. The summed E-state index contributed by atoms with van der Waals surface area (Å²) in [5.74, 6) is 1.76. The van der Waals surface area contributed by atoms with E-state index in [1.807, 2.05) is 25.1 Å². The van der Waals surface area contributed by atoms with E-state index in [1.165, 1.54) is 0 Å². The molecular formula is C19H23N5O3. The third kappa shape index (κ3) is 4.11.